The molecule has 5 heteroatoms. The van der Waals surface area contributed by atoms with Crippen molar-refractivity contribution in [1.82, 2.24) is 14.8 Å². The second kappa shape index (κ2) is 7.83. The summed E-state index contributed by atoms with van der Waals surface area (Å²) in [6.45, 7) is 11.7. The van der Waals surface area contributed by atoms with Gasteiger partial charge in [0.25, 0.3) is 0 Å². The molecule has 0 saturated carbocycles. The molecule has 1 aromatic heterocycles. The summed E-state index contributed by atoms with van der Waals surface area (Å²) in [6.07, 6.45) is 4.66. The van der Waals surface area contributed by atoms with Crippen LogP contribution in [0.25, 0.3) is 0 Å². The molecule has 0 N–H and O–H groups in total. The molecule has 0 aliphatic carbocycles. The zero-order valence-corrected chi connectivity index (χ0v) is 15.8. The summed E-state index contributed by atoms with van der Waals surface area (Å²) in [5.74, 6) is 0.259. The first-order chi connectivity index (χ1) is 11.9. The zero-order valence-electron chi connectivity index (χ0n) is 15.8. The molecule has 2 saturated heterocycles. The van der Waals surface area contributed by atoms with Crippen LogP contribution in [0.5, 0.6) is 0 Å². The Kier molecular flexibility index (Phi) is 5.74. The lowest BCUT2D eigenvalue weighted by Gasteiger charge is -2.28. The second-order valence-corrected chi connectivity index (χ2v) is 8.46. The van der Waals surface area contributed by atoms with E-state index in [1.54, 1.807) is 0 Å². The lowest BCUT2D eigenvalue weighted by Crippen LogP contribution is -2.35. The van der Waals surface area contributed by atoms with E-state index in [0.717, 1.165) is 57.9 Å². The van der Waals surface area contributed by atoms with Crippen molar-refractivity contribution in [2.45, 2.75) is 52.6 Å². The maximum absolute atomic E-state index is 12.7. The summed E-state index contributed by atoms with van der Waals surface area (Å²) in [7, 11) is 0. The van der Waals surface area contributed by atoms with Crippen LogP contribution < -0.4 is 0 Å². The van der Waals surface area contributed by atoms with Crippen molar-refractivity contribution in [1.29, 1.82) is 0 Å². The average Bonchev–Trinajstić information content (AvgIpc) is 3.05. The van der Waals surface area contributed by atoms with Crippen molar-refractivity contribution in [3.05, 3.63) is 29.6 Å². The molecule has 0 bridgehead atoms. The largest absolute Gasteiger partial charge is 0.379 e. The van der Waals surface area contributed by atoms with Gasteiger partial charge in [0.05, 0.1) is 24.9 Å². The van der Waals surface area contributed by atoms with E-state index in [1.165, 1.54) is 5.56 Å². The highest BCUT2D eigenvalue weighted by molar-refractivity contribution is 5.77. The number of aromatic nitrogens is 1. The Bertz CT molecular complexity index is 574. The molecule has 0 radical (unpaired) electrons. The van der Waals surface area contributed by atoms with E-state index >= 15 is 0 Å². The van der Waals surface area contributed by atoms with Crippen LogP contribution in [-0.4, -0.2) is 53.5 Å². The van der Waals surface area contributed by atoms with Gasteiger partial charge in [-0.1, -0.05) is 26.8 Å². The molecule has 2 aliphatic rings. The molecule has 3 heterocycles. The Morgan fingerprint density at radius 2 is 2.00 bits per heavy atom. The topological polar surface area (TPSA) is 45.7 Å². The standard InChI is InChI=1S/C20H31N3O2/c1-20(2,3)13-19(24)23-8-4-5-18(23)17-7-6-16(14-21-17)15-22-9-11-25-12-10-22/h6-7,14,18H,4-5,8-13,15H2,1-3H3/t18-/m0/s1. The van der Waals surface area contributed by atoms with Crippen LogP contribution in [-0.2, 0) is 16.1 Å². The van der Waals surface area contributed by atoms with E-state index in [2.05, 4.69) is 37.8 Å². The minimum atomic E-state index is 0.0274. The van der Waals surface area contributed by atoms with Gasteiger partial charge in [0.1, 0.15) is 0 Å². The SMILES string of the molecule is CC(C)(C)CC(=O)N1CCC[C@H]1c1ccc(CN2CCOCC2)cn1. The van der Waals surface area contributed by atoms with E-state index in [4.69, 9.17) is 9.72 Å². The number of rotatable bonds is 4. The number of carbonyl (C=O) groups is 1. The van der Waals surface area contributed by atoms with Crippen LogP contribution in [0.4, 0.5) is 0 Å². The number of amides is 1. The van der Waals surface area contributed by atoms with Gasteiger partial charge >= 0.3 is 0 Å². The average molecular weight is 345 g/mol. The summed E-state index contributed by atoms with van der Waals surface area (Å²) < 4.78 is 5.40. The monoisotopic (exact) mass is 345 g/mol. The maximum atomic E-state index is 12.7. The van der Waals surface area contributed by atoms with Gasteiger partial charge in [-0.2, -0.15) is 0 Å². The minimum absolute atomic E-state index is 0.0274. The molecule has 138 valence electrons. The highest BCUT2D eigenvalue weighted by atomic mass is 16.5. The molecule has 0 unspecified atom stereocenters. The molecule has 2 fully saturated rings. The minimum Gasteiger partial charge on any atom is -0.379 e. The third-order valence-corrected chi connectivity index (χ3v) is 4.95. The number of nitrogens with zero attached hydrogens (tertiary/aromatic N) is 3. The predicted octanol–water partition coefficient (Wildman–Crippen LogP) is 3.01. The van der Waals surface area contributed by atoms with Crippen LogP contribution in [0.15, 0.2) is 18.3 Å². The highest BCUT2D eigenvalue weighted by Crippen LogP contribution is 2.33. The smallest absolute Gasteiger partial charge is 0.223 e. The van der Waals surface area contributed by atoms with Gasteiger partial charge < -0.3 is 9.64 Å². The van der Waals surface area contributed by atoms with Gasteiger partial charge in [0.15, 0.2) is 0 Å². The van der Waals surface area contributed by atoms with Crippen molar-refractivity contribution in [2.75, 3.05) is 32.8 Å². The molecule has 1 aromatic rings. The summed E-state index contributed by atoms with van der Waals surface area (Å²) in [5, 5.41) is 0. The number of morpholine rings is 1. The van der Waals surface area contributed by atoms with Gasteiger partial charge in [-0.3, -0.25) is 14.7 Å². The van der Waals surface area contributed by atoms with Gasteiger partial charge in [0, 0.05) is 38.8 Å². The molecule has 1 amide bonds. The van der Waals surface area contributed by atoms with Gasteiger partial charge in [0.2, 0.25) is 5.91 Å². The Hall–Kier alpha value is -1.46. The quantitative estimate of drug-likeness (QED) is 0.841. The second-order valence-electron chi connectivity index (χ2n) is 8.46. The van der Waals surface area contributed by atoms with E-state index in [9.17, 15) is 4.79 Å². The Morgan fingerprint density at radius 1 is 1.24 bits per heavy atom. The summed E-state index contributed by atoms with van der Waals surface area (Å²) in [6, 6.07) is 4.43. The first-order valence-corrected chi connectivity index (χ1v) is 9.47. The van der Waals surface area contributed by atoms with Crippen molar-refractivity contribution in [3.63, 3.8) is 0 Å². The maximum Gasteiger partial charge on any atom is 0.223 e. The lowest BCUT2D eigenvalue weighted by molar-refractivity contribution is -0.134. The predicted molar refractivity (Wildman–Crippen MR) is 98.1 cm³/mol. The van der Waals surface area contributed by atoms with Crippen LogP contribution in [0.1, 0.15) is 57.3 Å². The fraction of sp³-hybridized carbons (Fsp3) is 0.700. The van der Waals surface area contributed by atoms with E-state index in [1.807, 2.05) is 11.1 Å². The third kappa shape index (κ3) is 5.02. The first kappa shape index (κ1) is 18.3. The summed E-state index contributed by atoms with van der Waals surface area (Å²) in [5.41, 5.74) is 2.29. The lowest BCUT2D eigenvalue weighted by atomic mass is 9.91. The molecule has 25 heavy (non-hydrogen) atoms. The van der Waals surface area contributed by atoms with Crippen molar-refractivity contribution >= 4 is 5.91 Å². The van der Waals surface area contributed by atoms with E-state index in [0.29, 0.717) is 6.42 Å². The Morgan fingerprint density at radius 3 is 2.64 bits per heavy atom. The third-order valence-electron chi connectivity index (χ3n) is 4.95. The molecule has 0 aromatic carbocycles. The molecule has 2 aliphatic heterocycles. The number of hydrogen-bond acceptors (Lipinski definition) is 4. The van der Waals surface area contributed by atoms with Crippen molar-refractivity contribution in [2.24, 2.45) is 5.41 Å². The first-order valence-electron chi connectivity index (χ1n) is 9.47. The molecular formula is C20H31N3O2. The van der Waals surface area contributed by atoms with Crippen LogP contribution >= 0.6 is 0 Å². The Balaban J connectivity index is 1.63. The van der Waals surface area contributed by atoms with Crippen LogP contribution in [0.3, 0.4) is 0 Å². The molecule has 0 spiro atoms. The van der Waals surface area contributed by atoms with Crippen molar-refractivity contribution in [3.8, 4) is 0 Å². The normalized spacial score (nSPS) is 22.4. The summed E-state index contributed by atoms with van der Waals surface area (Å²) >= 11 is 0. The number of hydrogen-bond donors (Lipinski definition) is 0. The van der Waals surface area contributed by atoms with Gasteiger partial charge in [-0.15, -0.1) is 0 Å². The molecular weight excluding hydrogens is 314 g/mol. The molecule has 3 rings (SSSR count). The summed E-state index contributed by atoms with van der Waals surface area (Å²) in [4.78, 5) is 21.8. The van der Waals surface area contributed by atoms with E-state index in [-0.39, 0.29) is 17.4 Å². The van der Waals surface area contributed by atoms with E-state index < -0.39 is 0 Å². The highest BCUT2D eigenvalue weighted by Gasteiger charge is 2.32. The fourth-order valence-corrected chi connectivity index (χ4v) is 3.67. The van der Waals surface area contributed by atoms with Crippen molar-refractivity contribution < 1.29 is 9.53 Å². The number of pyridine rings is 1. The number of likely N-dealkylation sites (tertiary alicyclic amines) is 1. The van der Waals surface area contributed by atoms with Crippen LogP contribution in [0.2, 0.25) is 0 Å². The number of carbonyl (C=O) groups excluding carboxylic acids is 1. The molecule has 5 nitrogen and oxygen atoms in total. The van der Waals surface area contributed by atoms with Crippen LogP contribution in [0, 0.1) is 5.41 Å². The fourth-order valence-electron chi connectivity index (χ4n) is 3.67. The molecule has 1 atom stereocenters. The van der Waals surface area contributed by atoms with Gasteiger partial charge in [-0.25, -0.2) is 0 Å². The number of ether oxygens (including phenoxy) is 1. The zero-order chi connectivity index (χ0) is 17.9. The van der Waals surface area contributed by atoms with Gasteiger partial charge in [-0.05, 0) is 29.9 Å². The Labute approximate surface area is 151 Å².